The Morgan fingerprint density at radius 3 is 2.43 bits per heavy atom. The number of carbonyl (C=O) groups is 1. The molecule has 2 rings (SSSR count). The van der Waals surface area contributed by atoms with Gasteiger partial charge in [0, 0.05) is 17.1 Å². The third-order valence-corrected chi connectivity index (χ3v) is 3.30. The van der Waals surface area contributed by atoms with Gasteiger partial charge in [-0.15, -0.1) is 0 Å². The zero-order chi connectivity index (χ0) is 15.6. The molecule has 4 nitrogen and oxygen atoms in total. The summed E-state index contributed by atoms with van der Waals surface area (Å²) < 4.78 is 0. The Morgan fingerprint density at radius 2 is 1.81 bits per heavy atom. The van der Waals surface area contributed by atoms with E-state index >= 15 is 0 Å². The van der Waals surface area contributed by atoms with Crippen LogP contribution in [0.15, 0.2) is 42.5 Å². The fourth-order valence-corrected chi connectivity index (χ4v) is 2.22. The first-order chi connectivity index (χ1) is 9.79. The summed E-state index contributed by atoms with van der Waals surface area (Å²) in [6.45, 7) is 6.41. The Labute approximate surface area is 124 Å². The number of nitrogens with two attached hydrogens (primary N) is 1. The van der Waals surface area contributed by atoms with Gasteiger partial charge in [-0.25, -0.2) is 4.79 Å². The number of aromatic carboxylic acids is 1. The zero-order valence-corrected chi connectivity index (χ0v) is 12.5. The lowest BCUT2D eigenvalue weighted by Gasteiger charge is -2.23. The summed E-state index contributed by atoms with van der Waals surface area (Å²) in [6.07, 6.45) is 0. The maximum Gasteiger partial charge on any atom is 0.337 e. The van der Waals surface area contributed by atoms with E-state index in [2.05, 4.69) is 32.2 Å². The fraction of sp³-hybridized carbons (Fsp3) is 0.235. The molecule has 0 aromatic heterocycles. The van der Waals surface area contributed by atoms with Gasteiger partial charge in [0.05, 0.1) is 5.56 Å². The summed E-state index contributed by atoms with van der Waals surface area (Å²) >= 11 is 0. The predicted octanol–water partition coefficient (Wildman–Crippen LogP) is 4.01. The molecule has 0 aliphatic heterocycles. The first-order valence-corrected chi connectivity index (χ1v) is 6.78. The molecule has 0 saturated heterocycles. The van der Waals surface area contributed by atoms with Crippen molar-refractivity contribution < 1.29 is 9.90 Å². The van der Waals surface area contributed by atoms with Gasteiger partial charge in [0.2, 0.25) is 0 Å². The molecule has 0 fully saturated rings. The SMILES string of the molecule is CC(C)(C)c1ccccc1Nc1ccc(N)c(C(=O)O)c1. The monoisotopic (exact) mass is 284 g/mol. The minimum absolute atomic E-state index is 0.00692. The van der Waals surface area contributed by atoms with Gasteiger partial charge in [0.25, 0.3) is 0 Å². The van der Waals surface area contributed by atoms with Crippen LogP contribution >= 0.6 is 0 Å². The lowest BCUT2D eigenvalue weighted by Crippen LogP contribution is -2.13. The van der Waals surface area contributed by atoms with E-state index < -0.39 is 5.97 Å². The van der Waals surface area contributed by atoms with E-state index in [0.29, 0.717) is 5.69 Å². The van der Waals surface area contributed by atoms with Gasteiger partial charge in [0.15, 0.2) is 0 Å². The van der Waals surface area contributed by atoms with E-state index in [1.54, 1.807) is 18.2 Å². The molecule has 21 heavy (non-hydrogen) atoms. The number of carboxylic acids is 1. The van der Waals surface area contributed by atoms with Gasteiger partial charge < -0.3 is 16.2 Å². The highest BCUT2D eigenvalue weighted by Gasteiger charge is 2.17. The van der Waals surface area contributed by atoms with Crippen molar-refractivity contribution in [2.75, 3.05) is 11.1 Å². The molecule has 0 amide bonds. The maximum atomic E-state index is 11.1. The van der Waals surface area contributed by atoms with Crippen LogP contribution in [0.1, 0.15) is 36.7 Å². The highest BCUT2D eigenvalue weighted by atomic mass is 16.4. The van der Waals surface area contributed by atoms with Crippen LogP contribution in [0.2, 0.25) is 0 Å². The van der Waals surface area contributed by atoms with Crippen LogP contribution in [0, 0.1) is 0 Å². The molecule has 0 bridgehead atoms. The number of hydrogen-bond donors (Lipinski definition) is 3. The number of nitrogens with one attached hydrogen (secondary N) is 1. The number of para-hydroxylation sites is 1. The fourth-order valence-electron chi connectivity index (χ4n) is 2.22. The van der Waals surface area contributed by atoms with Crippen LogP contribution in [-0.2, 0) is 5.41 Å². The Balaban J connectivity index is 2.40. The molecule has 0 saturated carbocycles. The van der Waals surface area contributed by atoms with E-state index in [1.807, 2.05) is 18.2 Å². The lowest BCUT2D eigenvalue weighted by atomic mass is 9.86. The third-order valence-electron chi connectivity index (χ3n) is 3.30. The molecule has 0 unspecified atom stereocenters. The van der Waals surface area contributed by atoms with Crippen molar-refractivity contribution in [3.63, 3.8) is 0 Å². The number of carboxylic acid groups (broad SMARTS) is 1. The molecule has 0 heterocycles. The molecule has 0 spiro atoms. The average molecular weight is 284 g/mol. The highest BCUT2D eigenvalue weighted by Crippen LogP contribution is 2.31. The second-order valence-electron chi connectivity index (χ2n) is 6.03. The first-order valence-electron chi connectivity index (χ1n) is 6.78. The summed E-state index contributed by atoms with van der Waals surface area (Å²) in [5.41, 5.74) is 8.87. The largest absolute Gasteiger partial charge is 0.478 e. The Kier molecular flexibility index (Phi) is 3.89. The van der Waals surface area contributed by atoms with Crippen molar-refractivity contribution in [1.29, 1.82) is 0 Å². The summed E-state index contributed by atoms with van der Waals surface area (Å²) in [7, 11) is 0. The van der Waals surface area contributed by atoms with Gasteiger partial charge in [-0.05, 0) is 35.2 Å². The van der Waals surface area contributed by atoms with E-state index in [4.69, 9.17) is 10.8 Å². The van der Waals surface area contributed by atoms with Crippen LogP contribution in [0.4, 0.5) is 17.1 Å². The van der Waals surface area contributed by atoms with E-state index in [9.17, 15) is 4.79 Å². The Morgan fingerprint density at radius 1 is 1.14 bits per heavy atom. The zero-order valence-electron chi connectivity index (χ0n) is 12.5. The van der Waals surface area contributed by atoms with Crippen molar-refractivity contribution in [2.45, 2.75) is 26.2 Å². The van der Waals surface area contributed by atoms with Crippen LogP contribution in [0.25, 0.3) is 0 Å². The van der Waals surface area contributed by atoms with Crippen LogP contribution in [-0.4, -0.2) is 11.1 Å². The van der Waals surface area contributed by atoms with Gasteiger partial charge in [-0.2, -0.15) is 0 Å². The normalized spacial score (nSPS) is 11.2. The standard InChI is InChI=1S/C17H20N2O2/c1-17(2,3)13-6-4-5-7-15(13)19-11-8-9-14(18)12(10-11)16(20)21/h4-10,19H,18H2,1-3H3,(H,20,21). The molecule has 0 aliphatic rings. The van der Waals surface area contributed by atoms with E-state index in [-0.39, 0.29) is 16.7 Å². The first kappa shape index (κ1) is 14.9. The molecule has 0 atom stereocenters. The lowest BCUT2D eigenvalue weighted by molar-refractivity contribution is 0.0698. The van der Waals surface area contributed by atoms with Crippen molar-refractivity contribution in [3.8, 4) is 0 Å². The molecule has 2 aromatic rings. The predicted molar refractivity (Wildman–Crippen MR) is 86.2 cm³/mol. The third kappa shape index (κ3) is 3.34. The topological polar surface area (TPSA) is 75.3 Å². The molecule has 2 aromatic carbocycles. The molecular formula is C17H20N2O2. The van der Waals surface area contributed by atoms with Crippen molar-refractivity contribution in [2.24, 2.45) is 0 Å². The van der Waals surface area contributed by atoms with Gasteiger partial charge >= 0.3 is 5.97 Å². The van der Waals surface area contributed by atoms with E-state index in [0.717, 1.165) is 5.69 Å². The highest BCUT2D eigenvalue weighted by molar-refractivity contribution is 5.95. The molecule has 4 heteroatoms. The Hall–Kier alpha value is -2.49. The summed E-state index contributed by atoms with van der Waals surface area (Å²) in [5, 5.41) is 12.4. The molecule has 110 valence electrons. The minimum Gasteiger partial charge on any atom is -0.478 e. The van der Waals surface area contributed by atoms with Gasteiger partial charge in [0.1, 0.15) is 0 Å². The number of benzene rings is 2. The van der Waals surface area contributed by atoms with Crippen LogP contribution in [0.3, 0.4) is 0 Å². The summed E-state index contributed by atoms with van der Waals surface area (Å²) in [5.74, 6) is -1.03. The van der Waals surface area contributed by atoms with Crippen molar-refractivity contribution in [3.05, 3.63) is 53.6 Å². The number of anilines is 3. The maximum absolute atomic E-state index is 11.1. The van der Waals surface area contributed by atoms with Gasteiger partial charge in [-0.1, -0.05) is 39.0 Å². The quantitative estimate of drug-likeness (QED) is 0.744. The molecule has 4 N–H and O–H groups in total. The smallest absolute Gasteiger partial charge is 0.337 e. The van der Waals surface area contributed by atoms with Gasteiger partial charge in [-0.3, -0.25) is 0 Å². The number of hydrogen-bond acceptors (Lipinski definition) is 3. The second kappa shape index (κ2) is 5.48. The van der Waals surface area contributed by atoms with Crippen molar-refractivity contribution >= 4 is 23.0 Å². The van der Waals surface area contributed by atoms with E-state index in [1.165, 1.54) is 5.56 Å². The van der Waals surface area contributed by atoms with Crippen molar-refractivity contribution in [1.82, 2.24) is 0 Å². The minimum atomic E-state index is -1.03. The number of rotatable bonds is 3. The molecule has 0 aliphatic carbocycles. The van der Waals surface area contributed by atoms with Crippen LogP contribution < -0.4 is 11.1 Å². The van der Waals surface area contributed by atoms with Crippen LogP contribution in [0.5, 0.6) is 0 Å². The molecular weight excluding hydrogens is 264 g/mol. The summed E-state index contributed by atoms with van der Waals surface area (Å²) in [4.78, 5) is 11.1. The molecule has 0 radical (unpaired) electrons. The number of nitrogen functional groups attached to an aromatic ring is 1. The Bertz CT molecular complexity index is 673. The summed E-state index contributed by atoms with van der Waals surface area (Å²) in [6, 6.07) is 12.9. The average Bonchev–Trinajstić information content (AvgIpc) is 2.40. The second-order valence-corrected chi connectivity index (χ2v) is 6.03.